The Kier molecular flexibility index (Phi) is 3.17. The van der Waals surface area contributed by atoms with Gasteiger partial charge in [-0.3, -0.25) is 9.52 Å². The standard InChI is InChI=1S/C15H12N4O4S/c20-14-8-23-12-4-3-9(6-11(12)18-14)19-24(21,22)13-7-17-15-10(13)2-1-5-16-15/h1-7,19H,8H2,(H,16,17)(H,18,20). The highest BCUT2D eigenvalue weighted by Gasteiger charge is 2.21. The molecule has 0 fully saturated rings. The molecule has 3 N–H and O–H groups in total. The first-order valence-electron chi connectivity index (χ1n) is 7.04. The van der Waals surface area contributed by atoms with Crippen molar-refractivity contribution in [3.63, 3.8) is 0 Å². The summed E-state index contributed by atoms with van der Waals surface area (Å²) in [5.41, 5.74) is 1.23. The molecule has 0 bridgehead atoms. The van der Waals surface area contributed by atoms with Gasteiger partial charge in [0.05, 0.1) is 11.4 Å². The molecule has 4 rings (SSSR count). The topological polar surface area (TPSA) is 113 Å². The third-order valence-corrected chi connectivity index (χ3v) is 4.99. The van der Waals surface area contributed by atoms with Crippen molar-refractivity contribution in [2.24, 2.45) is 0 Å². The summed E-state index contributed by atoms with van der Waals surface area (Å²) < 4.78 is 33.0. The van der Waals surface area contributed by atoms with E-state index in [0.29, 0.717) is 28.2 Å². The van der Waals surface area contributed by atoms with Gasteiger partial charge < -0.3 is 15.0 Å². The molecular formula is C15H12N4O4S. The summed E-state index contributed by atoms with van der Waals surface area (Å²) in [4.78, 5) is 18.4. The molecule has 1 aromatic carbocycles. The molecule has 0 atom stereocenters. The van der Waals surface area contributed by atoms with Crippen LogP contribution in [0.3, 0.4) is 0 Å². The first kappa shape index (κ1) is 14.5. The normalized spacial score (nSPS) is 13.9. The number of H-pyrrole nitrogens is 1. The van der Waals surface area contributed by atoms with Gasteiger partial charge in [-0.1, -0.05) is 0 Å². The van der Waals surface area contributed by atoms with Gasteiger partial charge in [0.1, 0.15) is 16.3 Å². The second kappa shape index (κ2) is 5.24. The molecule has 0 aliphatic carbocycles. The maximum absolute atomic E-state index is 12.6. The lowest BCUT2D eigenvalue weighted by Gasteiger charge is -2.18. The number of sulfonamides is 1. The fourth-order valence-electron chi connectivity index (χ4n) is 2.51. The SMILES string of the molecule is O=C1COc2ccc(NS(=O)(=O)c3c[nH]c4ncccc34)cc2N1. The zero-order valence-electron chi connectivity index (χ0n) is 12.2. The summed E-state index contributed by atoms with van der Waals surface area (Å²) in [5, 5.41) is 3.14. The molecule has 0 saturated heterocycles. The van der Waals surface area contributed by atoms with Crippen LogP contribution in [0.15, 0.2) is 47.6 Å². The molecule has 9 heteroatoms. The molecule has 3 aromatic rings. The summed E-state index contributed by atoms with van der Waals surface area (Å²) in [6.07, 6.45) is 2.97. The smallest absolute Gasteiger partial charge is 0.264 e. The van der Waals surface area contributed by atoms with Crippen LogP contribution in [0.25, 0.3) is 11.0 Å². The first-order chi connectivity index (χ1) is 11.5. The van der Waals surface area contributed by atoms with E-state index in [1.807, 2.05) is 0 Å². The minimum absolute atomic E-state index is 0.0551. The lowest BCUT2D eigenvalue weighted by Crippen LogP contribution is -2.25. The van der Waals surface area contributed by atoms with Crippen molar-refractivity contribution in [2.75, 3.05) is 16.6 Å². The number of aromatic amines is 1. The minimum atomic E-state index is -3.81. The highest BCUT2D eigenvalue weighted by molar-refractivity contribution is 7.93. The van der Waals surface area contributed by atoms with Crippen molar-refractivity contribution in [1.82, 2.24) is 9.97 Å². The average molecular weight is 344 g/mol. The van der Waals surface area contributed by atoms with E-state index in [9.17, 15) is 13.2 Å². The number of hydrogen-bond acceptors (Lipinski definition) is 5. The monoisotopic (exact) mass is 344 g/mol. The van der Waals surface area contributed by atoms with Crippen LogP contribution in [0.1, 0.15) is 0 Å². The maximum Gasteiger partial charge on any atom is 0.264 e. The molecule has 24 heavy (non-hydrogen) atoms. The number of amides is 1. The van der Waals surface area contributed by atoms with E-state index in [1.165, 1.54) is 12.3 Å². The highest BCUT2D eigenvalue weighted by Crippen LogP contribution is 2.32. The van der Waals surface area contributed by atoms with E-state index in [1.54, 1.807) is 30.5 Å². The van der Waals surface area contributed by atoms with E-state index in [2.05, 4.69) is 20.0 Å². The van der Waals surface area contributed by atoms with Gasteiger partial charge in [0.25, 0.3) is 15.9 Å². The summed E-state index contributed by atoms with van der Waals surface area (Å²) in [6.45, 7) is -0.0551. The van der Waals surface area contributed by atoms with Crippen LogP contribution in [0, 0.1) is 0 Å². The number of hydrogen-bond donors (Lipinski definition) is 3. The summed E-state index contributed by atoms with van der Waals surface area (Å²) in [6, 6.07) is 8.02. The van der Waals surface area contributed by atoms with Crippen LogP contribution >= 0.6 is 0 Å². The lowest BCUT2D eigenvalue weighted by molar-refractivity contribution is -0.118. The zero-order valence-corrected chi connectivity index (χ0v) is 13.1. The van der Waals surface area contributed by atoms with E-state index >= 15 is 0 Å². The van der Waals surface area contributed by atoms with Crippen molar-refractivity contribution in [2.45, 2.75) is 4.90 Å². The van der Waals surface area contributed by atoms with Crippen LogP contribution < -0.4 is 14.8 Å². The number of aromatic nitrogens is 2. The number of anilines is 2. The number of fused-ring (bicyclic) bond motifs is 2. The number of nitrogens with one attached hydrogen (secondary N) is 3. The van der Waals surface area contributed by atoms with Crippen molar-refractivity contribution in [1.29, 1.82) is 0 Å². The van der Waals surface area contributed by atoms with Crippen LogP contribution in [-0.4, -0.2) is 30.9 Å². The molecule has 0 spiro atoms. The average Bonchev–Trinajstić information content (AvgIpc) is 2.99. The van der Waals surface area contributed by atoms with Crippen molar-refractivity contribution in [3.8, 4) is 5.75 Å². The number of nitrogens with zero attached hydrogens (tertiary/aromatic N) is 1. The Labute approximate surface area is 136 Å². The van der Waals surface area contributed by atoms with Gasteiger partial charge in [-0.05, 0) is 30.3 Å². The Hall–Kier alpha value is -3.07. The molecule has 1 aliphatic rings. The third-order valence-electron chi connectivity index (χ3n) is 3.57. The molecule has 1 amide bonds. The molecule has 0 saturated carbocycles. The second-order valence-corrected chi connectivity index (χ2v) is 6.86. The van der Waals surface area contributed by atoms with Crippen LogP contribution in [0.2, 0.25) is 0 Å². The van der Waals surface area contributed by atoms with Gasteiger partial charge in [-0.2, -0.15) is 0 Å². The Morgan fingerprint density at radius 2 is 2.12 bits per heavy atom. The van der Waals surface area contributed by atoms with Crippen molar-refractivity contribution < 1.29 is 17.9 Å². The molecule has 0 radical (unpaired) electrons. The van der Waals surface area contributed by atoms with Gasteiger partial charge in [-0.25, -0.2) is 13.4 Å². The van der Waals surface area contributed by atoms with Crippen molar-refractivity contribution >= 4 is 38.3 Å². The lowest BCUT2D eigenvalue weighted by atomic mass is 10.2. The number of benzene rings is 1. The minimum Gasteiger partial charge on any atom is -0.482 e. The van der Waals surface area contributed by atoms with Crippen LogP contribution in [0.5, 0.6) is 5.75 Å². The second-order valence-electron chi connectivity index (χ2n) is 5.21. The third kappa shape index (κ3) is 2.44. The van der Waals surface area contributed by atoms with Gasteiger partial charge in [0, 0.05) is 17.8 Å². The Balaban J connectivity index is 1.69. The van der Waals surface area contributed by atoms with Gasteiger partial charge in [0.15, 0.2) is 6.61 Å². The van der Waals surface area contributed by atoms with E-state index in [4.69, 9.17) is 4.74 Å². The number of carbonyl (C=O) groups excluding carboxylic acids is 1. The number of pyridine rings is 1. The molecule has 122 valence electrons. The summed E-state index contributed by atoms with van der Waals surface area (Å²) >= 11 is 0. The Morgan fingerprint density at radius 3 is 3.00 bits per heavy atom. The fourth-order valence-corrected chi connectivity index (χ4v) is 3.73. The maximum atomic E-state index is 12.6. The molecule has 8 nitrogen and oxygen atoms in total. The van der Waals surface area contributed by atoms with Gasteiger partial charge in [-0.15, -0.1) is 0 Å². The van der Waals surface area contributed by atoms with Crippen LogP contribution in [0.4, 0.5) is 11.4 Å². The predicted octanol–water partition coefficient (Wildman–Crippen LogP) is 1.69. The highest BCUT2D eigenvalue weighted by atomic mass is 32.2. The zero-order chi connectivity index (χ0) is 16.7. The quantitative estimate of drug-likeness (QED) is 0.669. The molecule has 1 aliphatic heterocycles. The van der Waals surface area contributed by atoms with Crippen LogP contribution in [-0.2, 0) is 14.8 Å². The predicted molar refractivity (Wildman–Crippen MR) is 87.5 cm³/mol. The molecular weight excluding hydrogens is 332 g/mol. The van der Waals surface area contributed by atoms with Gasteiger partial charge in [0.2, 0.25) is 0 Å². The fraction of sp³-hybridized carbons (Fsp3) is 0.0667. The molecule has 3 heterocycles. The number of ether oxygens (including phenoxy) is 1. The number of carbonyl (C=O) groups is 1. The largest absolute Gasteiger partial charge is 0.482 e. The summed E-state index contributed by atoms with van der Waals surface area (Å²) in [7, 11) is -3.81. The van der Waals surface area contributed by atoms with E-state index in [0.717, 1.165) is 0 Å². The van der Waals surface area contributed by atoms with E-state index < -0.39 is 10.0 Å². The molecule has 0 unspecified atom stereocenters. The van der Waals surface area contributed by atoms with Crippen molar-refractivity contribution in [3.05, 3.63) is 42.7 Å². The van der Waals surface area contributed by atoms with Gasteiger partial charge >= 0.3 is 0 Å². The first-order valence-corrected chi connectivity index (χ1v) is 8.53. The number of rotatable bonds is 3. The molecule has 2 aromatic heterocycles. The van der Waals surface area contributed by atoms with E-state index in [-0.39, 0.29) is 17.4 Å². The summed E-state index contributed by atoms with van der Waals surface area (Å²) in [5.74, 6) is 0.207. The Bertz CT molecular complexity index is 1060. The Morgan fingerprint density at radius 1 is 1.25 bits per heavy atom.